The molecule has 1 aliphatic rings. The average Bonchev–Trinajstić information content (AvgIpc) is 3.25. The van der Waals surface area contributed by atoms with Crippen LogP contribution in [-0.4, -0.2) is 55.9 Å². The highest BCUT2D eigenvalue weighted by Gasteiger charge is 2.30. The Balaban J connectivity index is 1.50. The van der Waals surface area contributed by atoms with Crippen LogP contribution in [0.4, 0.5) is 0 Å². The Hall–Kier alpha value is -4.55. The lowest BCUT2D eigenvalue weighted by atomic mass is 10.1. The summed E-state index contributed by atoms with van der Waals surface area (Å²) in [6, 6.07) is 21.5. The van der Waals surface area contributed by atoms with Crippen molar-refractivity contribution >= 4 is 25.9 Å². The molecule has 0 bridgehead atoms. The SMILES string of the molecule is COc1ccc(OS(=O)(=O)c2ccc3c(c2)C(=NN(C)C)c2cc(S(=O)(=O)Oc4ccc(OC)cc4)ccc2-3)cc1. The van der Waals surface area contributed by atoms with Gasteiger partial charge in [-0.15, -0.1) is 0 Å². The second-order valence-electron chi connectivity index (χ2n) is 9.14. The van der Waals surface area contributed by atoms with Crippen molar-refractivity contribution in [2.45, 2.75) is 9.79 Å². The predicted octanol–water partition coefficient (Wildman–Crippen LogP) is 4.53. The lowest BCUT2D eigenvalue weighted by Gasteiger charge is -2.11. The van der Waals surface area contributed by atoms with E-state index < -0.39 is 20.2 Å². The molecular formula is C29H26N2O8S2. The summed E-state index contributed by atoms with van der Waals surface area (Å²) in [7, 11) is -1.95. The highest BCUT2D eigenvalue weighted by Crippen LogP contribution is 2.40. The van der Waals surface area contributed by atoms with Crippen LogP contribution in [0.25, 0.3) is 11.1 Å². The third-order valence-electron chi connectivity index (χ3n) is 6.19. The Labute approximate surface area is 238 Å². The van der Waals surface area contributed by atoms with Crippen molar-refractivity contribution in [3.8, 4) is 34.1 Å². The maximum absolute atomic E-state index is 13.1. The lowest BCUT2D eigenvalue weighted by molar-refractivity contribution is 0.413. The van der Waals surface area contributed by atoms with Gasteiger partial charge in [-0.3, -0.25) is 0 Å². The maximum Gasteiger partial charge on any atom is 0.339 e. The van der Waals surface area contributed by atoms with Crippen molar-refractivity contribution in [2.24, 2.45) is 5.10 Å². The van der Waals surface area contributed by atoms with Gasteiger partial charge in [0.15, 0.2) is 0 Å². The maximum atomic E-state index is 13.1. The Morgan fingerprint density at radius 2 is 0.902 bits per heavy atom. The van der Waals surface area contributed by atoms with Gasteiger partial charge in [0.1, 0.15) is 32.8 Å². The van der Waals surface area contributed by atoms with E-state index in [9.17, 15) is 16.8 Å². The Kier molecular flexibility index (Phi) is 7.37. The molecule has 0 saturated carbocycles. The molecule has 1 aliphatic carbocycles. The zero-order chi connectivity index (χ0) is 29.4. The second kappa shape index (κ2) is 10.8. The fourth-order valence-electron chi connectivity index (χ4n) is 4.28. The van der Waals surface area contributed by atoms with Gasteiger partial charge in [-0.1, -0.05) is 12.1 Å². The number of ether oxygens (including phenoxy) is 2. The molecule has 4 aromatic rings. The second-order valence-corrected chi connectivity index (χ2v) is 12.2. The van der Waals surface area contributed by atoms with Gasteiger partial charge in [0.25, 0.3) is 0 Å². The summed E-state index contributed by atoms with van der Waals surface area (Å²) in [5.41, 5.74) is 2.83. The Bertz CT molecular complexity index is 1720. The van der Waals surface area contributed by atoms with E-state index in [-0.39, 0.29) is 21.3 Å². The summed E-state index contributed by atoms with van der Waals surface area (Å²) in [6.07, 6.45) is 0. The van der Waals surface area contributed by atoms with E-state index in [1.54, 1.807) is 55.5 Å². The van der Waals surface area contributed by atoms with Crippen LogP contribution < -0.4 is 17.8 Å². The fraction of sp³-hybridized carbons (Fsp3) is 0.138. The third-order valence-corrected chi connectivity index (χ3v) is 8.68. The number of methoxy groups -OCH3 is 2. The van der Waals surface area contributed by atoms with E-state index in [1.807, 2.05) is 0 Å². The van der Waals surface area contributed by atoms with Gasteiger partial charge in [-0.05, 0) is 83.9 Å². The third kappa shape index (κ3) is 5.70. The number of nitrogens with zero attached hydrogens (tertiary/aromatic N) is 2. The van der Waals surface area contributed by atoms with Crippen LogP contribution in [-0.2, 0) is 20.2 Å². The first-order chi connectivity index (χ1) is 19.5. The molecule has 4 aromatic carbocycles. The summed E-state index contributed by atoms with van der Waals surface area (Å²) >= 11 is 0. The van der Waals surface area contributed by atoms with Crippen molar-refractivity contribution in [1.29, 1.82) is 0 Å². The van der Waals surface area contributed by atoms with Crippen LogP contribution in [0, 0.1) is 0 Å². The van der Waals surface area contributed by atoms with Crippen molar-refractivity contribution in [3.63, 3.8) is 0 Å². The van der Waals surface area contributed by atoms with E-state index in [0.29, 0.717) is 39.5 Å². The molecule has 0 heterocycles. The number of fused-ring (bicyclic) bond motifs is 3. The van der Waals surface area contributed by atoms with Gasteiger partial charge in [-0.25, -0.2) is 0 Å². The predicted molar refractivity (Wildman–Crippen MR) is 153 cm³/mol. The van der Waals surface area contributed by atoms with Gasteiger partial charge in [-0.2, -0.15) is 21.9 Å². The van der Waals surface area contributed by atoms with Gasteiger partial charge in [0.05, 0.1) is 19.9 Å². The molecule has 0 fully saturated rings. The van der Waals surface area contributed by atoms with Gasteiger partial charge < -0.3 is 22.8 Å². The normalized spacial score (nSPS) is 12.2. The minimum Gasteiger partial charge on any atom is -0.497 e. The molecule has 12 heteroatoms. The zero-order valence-electron chi connectivity index (χ0n) is 22.6. The number of hydrazone groups is 1. The van der Waals surface area contributed by atoms with E-state index in [4.69, 9.17) is 17.8 Å². The van der Waals surface area contributed by atoms with E-state index in [0.717, 1.165) is 0 Å². The van der Waals surface area contributed by atoms with Crippen LogP contribution in [0.3, 0.4) is 0 Å². The summed E-state index contributed by atoms with van der Waals surface area (Å²) in [6.45, 7) is 0. The minimum absolute atomic E-state index is 0.0815. The first-order valence-corrected chi connectivity index (χ1v) is 15.0. The molecule has 0 aliphatic heterocycles. The van der Waals surface area contributed by atoms with Crippen molar-refractivity contribution in [2.75, 3.05) is 28.3 Å². The molecule has 0 unspecified atom stereocenters. The fourth-order valence-corrected chi connectivity index (χ4v) is 6.20. The molecule has 5 rings (SSSR count). The van der Waals surface area contributed by atoms with Crippen LogP contribution >= 0.6 is 0 Å². The number of hydrogen-bond donors (Lipinski definition) is 0. The van der Waals surface area contributed by atoms with E-state index in [1.165, 1.54) is 62.8 Å². The lowest BCUT2D eigenvalue weighted by Crippen LogP contribution is -2.13. The number of rotatable bonds is 9. The Morgan fingerprint density at radius 1 is 0.537 bits per heavy atom. The molecule has 0 aromatic heterocycles. The van der Waals surface area contributed by atoms with Crippen LogP contribution in [0.5, 0.6) is 23.0 Å². The first kappa shape index (κ1) is 28.0. The van der Waals surface area contributed by atoms with Crippen molar-refractivity contribution < 1.29 is 34.7 Å². The molecule has 0 N–H and O–H groups in total. The molecule has 10 nitrogen and oxygen atoms in total. The highest BCUT2D eigenvalue weighted by atomic mass is 32.2. The molecule has 0 spiro atoms. The topological polar surface area (TPSA) is 121 Å². The summed E-state index contributed by atoms with van der Waals surface area (Å²) in [5, 5.41) is 6.12. The first-order valence-electron chi connectivity index (χ1n) is 12.2. The zero-order valence-corrected chi connectivity index (χ0v) is 24.2. The molecule has 0 saturated heterocycles. The summed E-state index contributed by atoms with van der Waals surface area (Å²) in [5.74, 6) is 1.38. The molecule has 41 heavy (non-hydrogen) atoms. The van der Waals surface area contributed by atoms with Gasteiger partial charge in [0, 0.05) is 25.2 Å². The molecule has 0 atom stereocenters. The Morgan fingerprint density at radius 3 is 1.24 bits per heavy atom. The van der Waals surface area contributed by atoms with Crippen molar-refractivity contribution in [3.05, 3.63) is 96.1 Å². The monoisotopic (exact) mass is 594 g/mol. The molecule has 212 valence electrons. The smallest absolute Gasteiger partial charge is 0.339 e. The minimum atomic E-state index is -4.20. The summed E-state index contributed by atoms with van der Waals surface area (Å²) < 4.78 is 73.5. The number of hydrogen-bond acceptors (Lipinski definition) is 10. The van der Waals surface area contributed by atoms with Crippen LogP contribution in [0.2, 0.25) is 0 Å². The van der Waals surface area contributed by atoms with Crippen LogP contribution in [0.1, 0.15) is 11.1 Å². The molecule has 0 radical (unpaired) electrons. The number of benzene rings is 4. The summed E-state index contributed by atoms with van der Waals surface area (Å²) in [4.78, 5) is -0.163. The quantitative estimate of drug-likeness (QED) is 0.179. The van der Waals surface area contributed by atoms with Crippen LogP contribution in [0.15, 0.2) is 99.8 Å². The largest absolute Gasteiger partial charge is 0.497 e. The average molecular weight is 595 g/mol. The van der Waals surface area contributed by atoms with E-state index in [2.05, 4.69) is 5.10 Å². The standard InChI is InChI=1S/C29H26N2O8S2/c1-31(2)30-29-27-17-23(40(32,33)38-21-9-5-19(36-3)6-10-21)13-15-25(27)26-16-14-24(18-28(26)29)41(34,35)39-22-11-7-20(37-4)8-12-22/h5-18H,1-4H3. The molecular weight excluding hydrogens is 568 g/mol. The van der Waals surface area contributed by atoms with Gasteiger partial charge in [0.2, 0.25) is 0 Å². The van der Waals surface area contributed by atoms with Gasteiger partial charge >= 0.3 is 20.2 Å². The highest BCUT2D eigenvalue weighted by molar-refractivity contribution is 7.87. The van der Waals surface area contributed by atoms with E-state index >= 15 is 0 Å². The van der Waals surface area contributed by atoms with Crippen molar-refractivity contribution in [1.82, 2.24) is 5.01 Å². The molecule has 0 amide bonds.